The zero-order valence-electron chi connectivity index (χ0n) is 8.55. The zero-order valence-corrected chi connectivity index (χ0v) is 8.55. The van der Waals surface area contributed by atoms with Gasteiger partial charge in [-0.1, -0.05) is 0 Å². The Bertz CT molecular complexity index is 278. The molecule has 0 radical (unpaired) electrons. The molecule has 0 saturated carbocycles. The SMILES string of the molecule is CC(C)(C)O/C(=C(\F)C(F)(F)F)C(F)(F)F. The smallest absolute Gasteiger partial charge is 0.452 e. The molecule has 0 aromatic heterocycles. The normalized spacial score (nSPS) is 15.9. The molecule has 0 atom stereocenters. The molecule has 0 aliphatic carbocycles. The van der Waals surface area contributed by atoms with E-state index in [4.69, 9.17) is 0 Å². The average Bonchev–Trinajstić information content (AvgIpc) is 1.93. The van der Waals surface area contributed by atoms with Crippen molar-refractivity contribution >= 4 is 0 Å². The predicted molar refractivity (Wildman–Crippen MR) is 41.1 cm³/mol. The monoisotopic (exact) mass is 254 g/mol. The number of hydrogen-bond donors (Lipinski definition) is 0. The van der Waals surface area contributed by atoms with Gasteiger partial charge in [-0.3, -0.25) is 0 Å². The first-order chi connectivity index (χ1) is 6.75. The van der Waals surface area contributed by atoms with Gasteiger partial charge in [0.2, 0.25) is 5.76 Å². The van der Waals surface area contributed by atoms with Crippen molar-refractivity contribution in [1.82, 2.24) is 0 Å². The highest BCUT2D eigenvalue weighted by atomic mass is 19.4. The average molecular weight is 254 g/mol. The molecule has 0 aromatic carbocycles. The molecule has 0 rings (SSSR count). The van der Waals surface area contributed by atoms with Crippen LogP contribution in [0.25, 0.3) is 0 Å². The van der Waals surface area contributed by atoms with Gasteiger partial charge in [0.15, 0.2) is 0 Å². The fraction of sp³-hybridized carbons (Fsp3) is 0.750. The second-order valence-corrected chi connectivity index (χ2v) is 3.85. The minimum atomic E-state index is -5.73. The Labute approximate surface area is 86.9 Å². The van der Waals surface area contributed by atoms with Gasteiger partial charge in [0.1, 0.15) is 5.60 Å². The summed E-state index contributed by atoms with van der Waals surface area (Å²) in [6, 6.07) is 0. The molecule has 0 N–H and O–H groups in total. The van der Waals surface area contributed by atoms with Gasteiger partial charge in [-0.25, -0.2) is 0 Å². The van der Waals surface area contributed by atoms with Crippen LogP contribution in [0.4, 0.5) is 30.7 Å². The molecule has 0 saturated heterocycles. The van der Waals surface area contributed by atoms with Gasteiger partial charge >= 0.3 is 12.4 Å². The Morgan fingerprint density at radius 1 is 0.812 bits per heavy atom. The van der Waals surface area contributed by atoms with Gasteiger partial charge in [-0.2, -0.15) is 30.7 Å². The quantitative estimate of drug-likeness (QED) is 0.505. The molecular formula is C8H9F7O. The highest BCUT2D eigenvalue weighted by molar-refractivity contribution is 5.12. The summed E-state index contributed by atoms with van der Waals surface area (Å²) < 4.78 is 88.2. The second-order valence-electron chi connectivity index (χ2n) is 3.85. The van der Waals surface area contributed by atoms with E-state index >= 15 is 0 Å². The summed E-state index contributed by atoms with van der Waals surface area (Å²) in [5.41, 5.74) is -1.59. The minimum Gasteiger partial charge on any atom is -0.481 e. The fourth-order valence-corrected chi connectivity index (χ4v) is 0.662. The van der Waals surface area contributed by atoms with E-state index in [1.165, 1.54) is 0 Å². The van der Waals surface area contributed by atoms with Crippen molar-refractivity contribution < 1.29 is 35.5 Å². The van der Waals surface area contributed by atoms with E-state index in [9.17, 15) is 30.7 Å². The van der Waals surface area contributed by atoms with E-state index in [0.717, 1.165) is 20.8 Å². The Morgan fingerprint density at radius 3 is 1.38 bits per heavy atom. The molecule has 0 fully saturated rings. The van der Waals surface area contributed by atoms with E-state index in [-0.39, 0.29) is 0 Å². The second kappa shape index (κ2) is 4.14. The summed E-state index contributed by atoms with van der Waals surface area (Å²) in [4.78, 5) is 0. The predicted octanol–water partition coefficient (Wildman–Crippen LogP) is 4.11. The maximum Gasteiger partial charge on any atom is 0.452 e. The maximum absolute atomic E-state index is 12.5. The number of halogens is 7. The van der Waals surface area contributed by atoms with Crippen LogP contribution in [0.1, 0.15) is 20.8 Å². The first-order valence-corrected chi connectivity index (χ1v) is 3.98. The van der Waals surface area contributed by atoms with E-state index in [1.807, 2.05) is 0 Å². The van der Waals surface area contributed by atoms with Gasteiger partial charge in [0, 0.05) is 0 Å². The first kappa shape index (κ1) is 15.0. The highest BCUT2D eigenvalue weighted by Gasteiger charge is 2.49. The van der Waals surface area contributed by atoms with Crippen LogP contribution in [0.2, 0.25) is 0 Å². The van der Waals surface area contributed by atoms with Crippen LogP contribution in [0, 0.1) is 0 Å². The Kier molecular flexibility index (Phi) is 3.89. The van der Waals surface area contributed by atoms with E-state index < -0.39 is 29.5 Å². The molecule has 0 aliphatic heterocycles. The van der Waals surface area contributed by atoms with Gasteiger partial charge in [0.05, 0.1) is 0 Å². The summed E-state index contributed by atoms with van der Waals surface area (Å²) in [6.07, 6.45) is -11.3. The Balaban J connectivity index is 5.44. The topological polar surface area (TPSA) is 9.23 Å². The van der Waals surface area contributed by atoms with Crippen molar-refractivity contribution in [3.8, 4) is 0 Å². The lowest BCUT2D eigenvalue weighted by Gasteiger charge is -2.25. The van der Waals surface area contributed by atoms with Crippen LogP contribution >= 0.6 is 0 Å². The molecule has 96 valence electrons. The third kappa shape index (κ3) is 4.71. The van der Waals surface area contributed by atoms with Crippen molar-refractivity contribution in [2.75, 3.05) is 0 Å². The lowest BCUT2D eigenvalue weighted by atomic mass is 10.2. The number of allylic oxidation sites excluding steroid dienone is 2. The molecule has 8 heteroatoms. The summed E-state index contributed by atoms with van der Waals surface area (Å²) in [6.45, 7) is 3.22. The summed E-state index contributed by atoms with van der Waals surface area (Å²) in [7, 11) is 0. The van der Waals surface area contributed by atoms with Crippen LogP contribution in [0.3, 0.4) is 0 Å². The first-order valence-electron chi connectivity index (χ1n) is 3.98. The maximum atomic E-state index is 12.5. The van der Waals surface area contributed by atoms with Gasteiger partial charge < -0.3 is 4.74 Å². The van der Waals surface area contributed by atoms with Crippen LogP contribution in [0.5, 0.6) is 0 Å². The van der Waals surface area contributed by atoms with Crippen LogP contribution < -0.4 is 0 Å². The van der Waals surface area contributed by atoms with Crippen molar-refractivity contribution in [2.24, 2.45) is 0 Å². The lowest BCUT2D eigenvalue weighted by Crippen LogP contribution is -2.29. The van der Waals surface area contributed by atoms with E-state index in [2.05, 4.69) is 4.74 Å². The number of ether oxygens (including phenoxy) is 1. The van der Waals surface area contributed by atoms with Crippen LogP contribution in [0.15, 0.2) is 11.6 Å². The molecule has 16 heavy (non-hydrogen) atoms. The van der Waals surface area contributed by atoms with Gasteiger partial charge in [-0.05, 0) is 20.8 Å². The van der Waals surface area contributed by atoms with Gasteiger partial charge in [-0.15, -0.1) is 0 Å². The summed E-state index contributed by atoms with van der Waals surface area (Å²) in [5.74, 6) is -5.94. The standard InChI is InChI=1S/C8H9F7O/c1-6(2,3)16-5(8(13,14)15)4(9)7(10,11)12/h1-3H3/b5-4-. The largest absolute Gasteiger partial charge is 0.481 e. The van der Waals surface area contributed by atoms with Crippen molar-refractivity contribution in [2.45, 2.75) is 38.7 Å². The third-order valence-corrected chi connectivity index (χ3v) is 1.11. The summed E-state index contributed by atoms with van der Waals surface area (Å²) in [5, 5.41) is 0. The molecule has 0 heterocycles. The molecule has 0 unspecified atom stereocenters. The van der Waals surface area contributed by atoms with Crippen molar-refractivity contribution in [3.63, 3.8) is 0 Å². The highest BCUT2D eigenvalue weighted by Crippen LogP contribution is 2.39. The fourth-order valence-electron chi connectivity index (χ4n) is 0.662. The Hall–Kier alpha value is -0.950. The lowest BCUT2D eigenvalue weighted by molar-refractivity contribution is -0.170. The zero-order chi connectivity index (χ0) is 13.4. The molecule has 1 nitrogen and oxygen atoms in total. The van der Waals surface area contributed by atoms with E-state index in [1.54, 1.807) is 0 Å². The van der Waals surface area contributed by atoms with Crippen molar-refractivity contribution in [1.29, 1.82) is 0 Å². The molecule has 0 aromatic rings. The van der Waals surface area contributed by atoms with Crippen LogP contribution in [-0.2, 0) is 4.74 Å². The molecule has 0 aliphatic rings. The Morgan fingerprint density at radius 2 is 1.19 bits per heavy atom. The third-order valence-electron chi connectivity index (χ3n) is 1.11. The molecule has 0 bridgehead atoms. The van der Waals surface area contributed by atoms with E-state index in [0.29, 0.717) is 0 Å². The minimum absolute atomic E-state index is 1.07. The summed E-state index contributed by atoms with van der Waals surface area (Å²) >= 11 is 0. The molecule has 0 spiro atoms. The van der Waals surface area contributed by atoms with Gasteiger partial charge in [0.25, 0.3) is 5.83 Å². The van der Waals surface area contributed by atoms with Crippen LogP contribution in [-0.4, -0.2) is 18.0 Å². The number of hydrogen-bond acceptors (Lipinski definition) is 1. The molecule has 0 amide bonds. The number of rotatable bonds is 1. The molecular weight excluding hydrogens is 245 g/mol. The number of alkyl halides is 6. The van der Waals surface area contributed by atoms with Crippen molar-refractivity contribution in [3.05, 3.63) is 11.6 Å².